The van der Waals surface area contributed by atoms with Crippen molar-refractivity contribution < 1.29 is 4.79 Å². The molecule has 0 aliphatic heterocycles. The normalized spacial score (nSPS) is 10.9. The summed E-state index contributed by atoms with van der Waals surface area (Å²) in [5.74, 6) is 0. The van der Waals surface area contributed by atoms with Crippen LogP contribution < -0.4 is 0 Å². The summed E-state index contributed by atoms with van der Waals surface area (Å²) < 4.78 is 0. The fourth-order valence-corrected chi connectivity index (χ4v) is 1.56. The van der Waals surface area contributed by atoms with E-state index in [2.05, 4.69) is 30.7 Å². The van der Waals surface area contributed by atoms with Gasteiger partial charge in [0, 0.05) is 10.8 Å². The van der Waals surface area contributed by atoms with Gasteiger partial charge in [0.05, 0.1) is 5.69 Å². The second-order valence-corrected chi connectivity index (χ2v) is 4.30. The first-order chi connectivity index (χ1) is 5.54. The summed E-state index contributed by atoms with van der Waals surface area (Å²) in [5, 5.41) is 2.39. The van der Waals surface area contributed by atoms with Crippen molar-refractivity contribution in [1.82, 2.24) is 4.98 Å². The standard InChI is InChI=1S/C8H10N2OS/c1-8(2,3)6-4-12-7(10-6)9-5-11/h4H,1-3H3. The van der Waals surface area contributed by atoms with Crippen LogP contribution in [0, 0.1) is 0 Å². The van der Waals surface area contributed by atoms with Gasteiger partial charge in [0.2, 0.25) is 11.2 Å². The quantitative estimate of drug-likeness (QED) is 0.494. The third-order valence-corrected chi connectivity index (χ3v) is 2.14. The van der Waals surface area contributed by atoms with Crippen molar-refractivity contribution in [3.63, 3.8) is 0 Å². The maximum Gasteiger partial charge on any atom is 0.242 e. The van der Waals surface area contributed by atoms with Crippen molar-refractivity contribution in [1.29, 1.82) is 0 Å². The Labute approximate surface area is 75.2 Å². The molecule has 12 heavy (non-hydrogen) atoms. The van der Waals surface area contributed by atoms with E-state index in [1.54, 1.807) is 0 Å². The summed E-state index contributed by atoms with van der Waals surface area (Å²) in [4.78, 5) is 17.5. The van der Waals surface area contributed by atoms with Crippen molar-refractivity contribution in [3.05, 3.63) is 11.1 Å². The average Bonchev–Trinajstić information content (AvgIpc) is 2.35. The topological polar surface area (TPSA) is 42.3 Å². The van der Waals surface area contributed by atoms with E-state index in [1.165, 1.54) is 17.4 Å². The van der Waals surface area contributed by atoms with E-state index in [0.717, 1.165) is 5.69 Å². The highest BCUT2D eigenvalue weighted by atomic mass is 32.1. The van der Waals surface area contributed by atoms with E-state index >= 15 is 0 Å². The van der Waals surface area contributed by atoms with Gasteiger partial charge in [-0.2, -0.15) is 0 Å². The Morgan fingerprint density at radius 3 is 2.67 bits per heavy atom. The first-order valence-electron chi connectivity index (χ1n) is 3.58. The molecule has 0 bridgehead atoms. The summed E-state index contributed by atoms with van der Waals surface area (Å²) >= 11 is 1.36. The van der Waals surface area contributed by atoms with Gasteiger partial charge >= 0.3 is 0 Å². The van der Waals surface area contributed by atoms with Crippen molar-refractivity contribution in [2.75, 3.05) is 0 Å². The minimum atomic E-state index is 0.0210. The van der Waals surface area contributed by atoms with Crippen LogP contribution in [0.5, 0.6) is 0 Å². The lowest BCUT2D eigenvalue weighted by molar-refractivity contribution is 0.564. The van der Waals surface area contributed by atoms with E-state index in [9.17, 15) is 4.79 Å². The maximum atomic E-state index is 9.91. The molecule has 0 unspecified atom stereocenters. The van der Waals surface area contributed by atoms with E-state index in [0.29, 0.717) is 5.13 Å². The summed E-state index contributed by atoms with van der Waals surface area (Å²) in [6.45, 7) is 6.20. The highest BCUT2D eigenvalue weighted by Crippen LogP contribution is 2.27. The Bertz CT molecular complexity index is 318. The molecule has 0 N–H and O–H groups in total. The molecular formula is C8H10N2OS. The van der Waals surface area contributed by atoms with Crippen LogP contribution in [-0.2, 0) is 10.2 Å². The van der Waals surface area contributed by atoms with Gasteiger partial charge in [-0.25, -0.2) is 9.78 Å². The smallest absolute Gasteiger partial charge is 0.222 e. The SMILES string of the molecule is CC(C)(C)c1csc(N=C=O)n1. The Morgan fingerprint density at radius 1 is 1.58 bits per heavy atom. The molecule has 4 heteroatoms. The van der Waals surface area contributed by atoms with E-state index in [-0.39, 0.29) is 5.41 Å². The molecule has 0 saturated carbocycles. The molecular weight excluding hydrogens is 172 g/mol. The van der Waals surface area contributed by atoms with Crippen molar-refractivity contribution >= 4 is 22.5 Å². The molecule has 0 aliphatic rings. The van der Waals surface area contributed by atoms with Gasteiger partial charge in [-0.1, -0.05) is 20.8 Å². The maximum absolute atomic E-state index is 9.91. The molecule has 0 aromatic carbocycles. The summed E-state index contributed by atoms with van der Waals surface area (Å²) in [5.41, 5.74) is 0.981. The lowest BCUT2D eigenvalue weighted by Crippen LogP contribution is -2.10. The highest BCUT2D eigenvalue weighted by Gasteiger charge is 2.16. The van der Waals surface area contributed by atoms with Crippen LogP contribution in [-0.4, -0.2) is 11.1 Å². The van der Waals surface area contributed by atoms with Crippen LogP contribution in [0.25, 0.3) is 0 Å². The van der Waals surface area contributed by atoms with Crippen LogP contribution in [0.1, 0.15) is 26.5 Å². The van der Waals surface area contributed by atoms with Gasteiger partial charge in [-0.15, -0.1) is 16.3 Å². The van der Waals surface area contributed by atoms with E-state index < -0.39 is 0 Å². The highest BCUT2D eigenvalue weighted by molar-refractivity contribution is 7.13. The molecule has 0 aliphatic carbocycles. The Kier molecular flexibility index (Phi) is 2.40. The third kappa shape index (κ3) is 2.00. The number of isocyanates is 1. The fraction of sp³-hybridized carbons (Fsp3) is 0.500. The average molecular weight is 182 g/mol. The molecule has 64 valence electrons. The Hall–Kier alpha value is -0.990. The lowest BCUT2D eigenvalue weighted by Gasteiger charge is -2.13. The molecule has 0 atom stereocenters. The molecule has 1 aromatic rings. The van der Waals surface area contributed by atoms with Crippen LogP contribution >= 0.6 is 11.3 Å². The van der Waals surface area contributed by atoms with Crippen LogP contribution in [0.2, 0.25) is 0 Å². The number of rotatable bonds is 1. The molecule has 0 radical (unpaired) electrons. The van der Waals surface area contributed by atoms with E-state index in [1.807, 2.05) is 5.38 Å². The number of hydrogen-bond acceptors (Lipinski definition) is 4. The van der Waals surface area contributed by atoms with Gasteiger partial charge in [0.15, 0.2) is 0 Å². The summed E-state index contributed by atoms with van der Waals surface area (Å²) in [6, 6.07) is 0. The molecule has 0 spiro atoms. The predicted octanol–water partition coefficient (Wildman–Crippen LogP) is 2.41. The second-order valence-electron chi connectivity index (χ2n) is 3.47. The number of carbonyl (C=O) groups excluding carboxylic acids is 1. The zero-order valence-electron chi connectivity index (χ0n) is 7.29. The van der Waals surface area contributed by atoms with Gasteiger partial charge in [0.25, 0.3) is 0 Å². The minimum Gasteiger partial charge on any atom is -0.222 e. The van der Waals surface area contributed by atoms with Gasteiger partial charge in [0.1, 0.15) is 0 Å². The van der Waals surface area contributed by atoms with Gasteiger partial charge in [-0.3, -0.25) is 0 Å². The summed E-state index contributed by atoms with van der Waals surface area (Å²) in [6.07, 6.45) is 1.47. The van der Waals surface area contributed by atoms with Crippen LogP contribution in [0.4, 0.5) is 5.13 Å². The zero-order chi connectivity index (χ0) is 9.19. The Balaban J connectivity index is 2.99. The first kappa shape index (κ1) is 9.10. The number of aromatic nitrogens is 1. The molecule has 3 nitrogen and oxygen atoms in total. The number of nitrogens with zero attached hydrogens (tertiary/aromatic N) is 2. The molecule has 0 fully saturated rings. The number of hydrogen-bond donors (Lipinski definition) is 0. The van der Waals surface area contributed by atoms with Gasteiger partial charge in [-0.05, 0) is 0 Å². The van der Waals surface area contributed by atoms with Crippen molar-refractivity contribution in [3.8, 4) is 0 Å². The second kappa shape index (κ2) is 3.17. The van der Waals surface area contributed by atoms with Crippen LogP contribution in [0.15, 0.2) is 10.4 Å². The van der Waals surface area contributed by atoms with Crippen molar-refractivity contribution in [2.24, 2.45) is 4.99 Å². The third-order valence-electron chi connectivity index (χ3n) is 1.40. The monoisotopic (exact) mass is 182 g/mol. The predicted molar refractivity (Wildman–Crippen MR) is 48.6 cm³/mol. The lowest BCUT2D eigenvalue weighted by atomic mass is 9.93. The van der Waals surface area contributed by atoms with Crippen molar-refractivity contribution in [2.45, 2.75) is 26.2 Å². The van der Waals surface area contributed by atoms with E-state index in [4.69, 9.17) is 0 Å². The Morgan fingerprint density at radius 2 is 2.25 bits per heavy atom. The summed E-state index contributed by atoms with van der Waals surface area (Å²) in [7, 11) is 0. The zero-order valence-corrected chi connectivity index (χ0v) is 8.10. The number of thiazole rings is 1. The molecule has 0 amide bonds. The first-order valence-corrected chi connectivity index (χ1v) is 4.46. The fourth-order valence-electron chi connectivity index (χ4n) is 0.699. The largest absolute Gasteiger partial charge is 0.242 e. The molecule has 0 saturated heterocycles. The van der Waals surface area contributed by atoms with Crippen LogP contribution in [0.3, 0.4) is 0 Å². The molecule has 1 rings (SSSR count). The minimum absolute atomic E-state index is 0.0210. The molecule has 1 aromatic heterocycles. The number of aliphatic imine (C=N–C) groups is 1. The van der Waals surface area contributed by atoms with Gasteiger partial charge < -0.3 is 0 Å². The molecule has 1 heterocycles.